The smallest absolute Gasteiger partial charge is 0.300 e. The number of rotatable bonds is 3. The van der Waals surface area contributed by atoms with Crippen molar-refractivity contribution in [1.29, 1.82) is 0 Å². The molecule has 0 amide bonds. The van der Waals surface area contributed by atoms with E-state index in [0.717, 1.165) is 10.6 Å². The van der Waals surface area contributed by atoms with E-state index >= 15 is 0 Å². The Hall–Kier alpha value is -1.53. The first-order chi connectivity index (χ1) is 7.35. The molecule has 0 saturated heterocycles. The maximum Gasteiger partial charge on any atom is 0.406 e. The highest BCUT2D eigenvalue weighted by Gasteiger charge is 2.29. The van der Waals surface area contributed by atoms with Crippen LogP contribution in [0.4, 0.5) is 13.2 Å². The maximum absolute atomic E-state index is 12.1. The van der Waals surface area contributed by atoms with Gasteiger partial charge in [-0.3, -0.25) is 9.36 Å². The Morgan fingerprint density at radius 2 is 1.94 bits per heavy atom. The highest BCUT2D eigenvalue weighted by Crippen LogP contribution is 2.15. The third-order valence-corrected chi connectivity index (χ3v) is 1.94. The average molecular weight is 236 g/mol. The summed E-state index contributed by atoms with van der Waals surface area (Å²) in [6.07, 6.45) is -2.76. The van der Waals surface area contributed by atoms with Gasteiger partial charge in [-0.25, -0.2) is 4.79 Å². The van der Waals surface area contributed by atoms with E-state index in [2.05, 4.69) is 0 Å². The Kier molecular flexibility index (Phi) is 3.56. The number of nitrogens with zero attached hydrogens (tertiary/aromatic N) is 2. The predicted octanol–water partition coefficient (Wildman–Crippen LogP) is 0.982. The monoisotopic (exact) mass is 236 g/mol. The van der Waals surface area contributed by atoms with Gasteiger partial charge in [-0.1, -0.05) is 6.92 Å². The summed E-state index contributed by atoms with van der Waals surface area (Å²) in [6.45, 7) is 0.526. The van der Waals surface area contributed by atoms with Gasteiger partial charge in [0.1, 0.15) is 6.54 Å². The second-order valence-electron chi connectivity index (χ2n) is 3.33. The van der Waals surface area contributed by atoms with E-state index in [1.807, 2.05) is 0 Å². The van der Waals surface area contributed by atoms with E-state index in [4.69, 9.17) is 0 Å². The van der Waals surface area contributed by atoms with Gasteiger partial charge >= 0.3 is 11.9 Å². The lowest BCUT2D eigenvalue weighted by atomic mass is 10.4. The molecular formula is C9H11F3N2O2. The third kappa shape index (κ3) is 2.98. The summed E-state index contributed by atoms with van der Waals surface area (Å²) in [6, 6.07) is 0.961. The van der Waals surface area contributed by atoms with Crippen molar-refractivity contribution in [3.05, 3.63) is 33.1 Å². The molecule has 90 valence electrons. The molecule has 7 heteroatoms. The quantitative estimate of drug-likeness (QED) is 0.785. The van der Waals surface area contributed by atoms with Gasteiger partial charge in [0.2, 0.25) is 0 Å². The number of aromatic nitrogens is 2. The molecule has 0 aliphatic heterocycles. The Bertz CT molecular complexity index is 473. The lowest BCUT2D eigenvalue weighted by Gasteiger charge is -2.10. The lowest BCUT2D eigenvalue weighted by Crippen LogP contribution is -2.42. The average Bonchev–Trinajstić information content (AvgIpc) is 2.16. The Balaban J connectivity index is 3.22. The minimum absolute atomic E-state index is 0.190. The van der Waals surface area contributed by atoms with Crippen molar-refractivity contribution >= 4 is 0 Å². The molecule has 1 rings (SSSR count). The highest BCUT2D eigenvalue weighted by molar-refractivity contribution is 4.86. The lowest BCUT2D eigenvalue weighted by molar-refractivity contribution is -0.142. The zero-order valence-electron chi connectivity index (χ0n) is 8.62. The van der Waals surface area contributed by atoms with Crippen LogP contribution >= 0.6 is 0 Å². The van der Waals surface area contributed by atoms with E-state index in [1.165, 1.54) is 6.20 Å². The summed E-state index contributed by atoms with van der Waals surface area (Å²) in [5.74, 6) is 0. The van der Waals surface area contributed by atoms with Crippen LogP contribution < -0.4 is 11.2 Å². The molecule has 0 aliphatic carbocycles. The van der Waals surface area contributed by atoms with Crippen molar-refractivity contribution in [2.75, 3.05) is 0 Å². The minimum atomic E-state index is -4.58. The number of aryl methyl sites for hydroxylation is 1. The van der Waals surface area contributed by atoms with Crippen LogP contribution in [0.15, 0.2) is 21.9 Å². The van der Waals surface area contributed by atoms with Crippen molar-refractivity contribution in [3.8, 4) is 0 Å². The van der Waals surface area contributed by atoms with Gasteiger partial charge in [0.15, 0.2) is 0 Å². The van der Waals surface area contributed by atoms with Gasteiger partial charge in [0, 0.05) is 18.8 Å². The van der Waals surface area contributed by atoms with E-state index in [0.29, 0.717) is 6.42 Å². The van der Waals surface area contributed by atoms with Gasteiger partial charge in [0.05, 0.1) is 0 Å². The van der Waals surface area contributed by atoms with Crippen LogP contribution in [-0.4, -0.2) is 15.3 Å². The standard InChI is InChI=1S/C9H11F3N2O2/c1-2-4-13-5-3-7(15)14(8(13)16)6-9(10,11)12/h3,5H,2,4,6H2,1H3. The van der Waals surface area contributed by atoms with Crippen LogP contribution in [0.1, 0.15) is 13.3 Å². The fourth-order valence-electron chi connectivity index (χ4n) is 1.29. The van der Waals surface area contributed by atoms with Crippen molar-refractivity contribution in [2.24, 2.45) is 0 Å². The summed E-state index contributed by atoms with van der Waals surface area (Å²) < 4.78 is 37.6. The van der Waals surface area contributed by atoms with Crippen LogP contribution in [0.3, 0.4) is 0 Å². The third-order valence-electron chi connectivity index (χ3n) is 1.94. The first kappa shape index (κ1) is 12.5. The SMILES string of the molecule is CCCn1ccc(=O)n(CC(F)(F)F)c1=O. The maximum atomic E-state index is 12.1. The van der Waals surface area contributed by atoms with Crippen LogP contribution in [0.5, 0.6) is 0 Å². The molecule has 0 bridgehead atoms. The summed E-state index contributed by atoms with van der Waals surface area (Å²) in [4.78, 5) is 22.6. The molecule has 0 N–H and O–H groups in total. The fraction of sp³-hybridized carbons (Fsp3) is 0.556. The van der Waals surface area contributed by atoms with Gasteiger partial charge in [-0.05, 0) is 6.42 Å². The van der Waals surface area contributed by atoms with Crippen LogP contribution in [0.2, 0.25) is 0 Å². The number of halogens is 3. The molecule has 0 unspecified atom stereocenters. The summed E-state index contributed by atoms with van der Waals surface area (Å²) >= 11 is 0. The molecule has 0 saturated carbocycles. The molecule has 0 aliphatic rings. The molecule has 0 spiro atoms. The summed E-state index contributed by atoms with van der Waals surface area (Å²) in [5.41, 5.74) is -1.86. The molecule has 16 heavy (non-hydrogen) atoms. The van der Waals surface area contributed by atoms with E-state index < -0.39 is 24.0 Å². The summed E-state index contributed by atoms with van der Waals surface area (Å²) in [7, 11) is 0. The number of alkyl halides is 3. The fourth-order valence-corrected chi connectivity index (χ4v) is 1.29. The summed E-state index contributed by atoms with van der Waals surface area (Å²) in [5, 5.41) is 0. The molecule has 4 nitrogen and oxygen atoms in total. The molecule has 1 heterocycles. The molecule has 0 fully saturated rings. The normalized spacial score (nSPS) is 11.8. The van der Waals surface area contributed by atoms with E-state index in [1.54, 1.807) is 6.92 Å². The molecular weight excluding hydrogens is 225 g/mol. The first-order valence-electron chi connectivity index (χ1n) is 4.72. The number of hydrogen-bond donors (Lipinski definition) is 0. The van der Waals surface area contributed by atoms with Crippen molar-refractivity contribution in [1.82, 2.24) is 9.13 Å². The number of hydrogen-bond acceptors (Lipinski definition) is 2. The second-order valence-corrected chi connectivity index (χ2v) is 3.33. The molecule has 0 atom stereocenters. The Labute approximate surface area is 88.9 Å². The Morgan fingerprint density at radius 1 is 1.31 bits per heavy atom. The zero-order valence-corrected chi connectivity index (χ0v) is 8.62. The highest BCUT2D eigenvalue weighted by atomic mass is 19.4. The van der Waals surface area contributed by atoms with E-state index in [9.17, 15) is 22.8 Å². The van der Waals surface area contributed by atoms with Gasteiger partial charge in [-0.2, -0.15) is 13.2 Å². The first-order valence-corrected chi connectivity index (χ1v) is 4.72. The Morgan fingerprint density at radius 3 is 2.44 bits per heavy atom. The van der Waals surface area contributed by atoms with Crippen LogP contribution in [0.25, 0.3) is 0 Å². The zero-order chi connectivity index (χ0) is 12.3. The van der Waals surface area contributed by atoms with Crippen LogP contribution in [-0.2, 0) is 13.1 Å². The van der Waals surface area contributed by atoms with Crippen molar-refractivity contribution in [3.63, 3.8) is 0 Å². The molecule has 0 aromatic carbocycles. The van der Waals surface area contributed by atoms with Gasteiger partial charge < -0.3 is 4.57 Å². The minimum Gasteiger partial charge on any atom is -0.300 e. The van der Waals surface area contributed by atoms with Gasteiger partial charge in [0.25, 0.3) is 5.56 Å². The van der Waals surface area contributed by atoms with Gasteiger partial charge in [-0.15, -0.1) is 0 Å². The topological polar surface area (TPSA) is 44.0 Å². The van der Waals surface area contributed by atoms with Crippen molar-refractivity contribution in [2.45, 2.75) is 32.6 Å². The molecule has 0 radical (unpaired) electrons. The molecule has 1 aromatic heterocycles. The molecule has 1 aromatic rings. The predicted molar refractivity (Wildman–Crippen MR) is 51.3 cm³/mol. The van der Waals surface area contributed by atoms with Crippen LogP contribution in [0, 0.1) is 0 Å². The second kappa shape index (κ2) is 4.54. The van der Waals surface area contributed by atoms with Crippen molar-refractivity contribution < 1.29 is 13.2 Å². The van der Waals surface area contributed by atoms with E-state index in [-0.39, 0.29) is 11.1 Å². The largest absolute Gasteiger partial charge is 0.406 e.